The fourth-order valence-electron chi connectivity index (χ4n) is 2.13. The number of carbonyl (C=O) groups is 1. The summed E-state index contributed by atoms with van der Waals surface area (Å²) in [7, 11) is 1.70. The molecule has 0 spiro atoms. The highest BCUT2D eigenvalue weighted by Gasteiger charge is 2.41. The largest absolute Gasteiger partial charge is 0.378 e. The van der Waals surface area contributed by atoms with E-state index in [2.05, 4.69) is 0 Å². The molecule has 1 aliphatic carbocycles. The van der Waals surface area contributed by atoms with E-state index in [4.69, 9.17) is 10.5 Å². The third-order valence-corrected chi connectivity index (χ3v) is 3.43. The highest BCUT2D eigenvalue weighted by Crippen LogP contribution is 2.38. The molecule has 0 unspecified atom stereocenters. The summed E-state index contributed by atoms with van der Waals surface area (Å²) in [4.78, 5) is 13.6. The monoisotopic (exact) mass is 198 g/mol. The summed E-state index contributed by atoms with van der Waals surface area (Å²) in [6.07, 6.45) is 3.77. The summed E-state index contributed by atoms with van der Waals surface area (Å²) in [6.45, 7) is 1.44. The lowest BCUT2D eigenvalue weighted by molar-refractivity contribution is -0.148. The number of ether oxygens (including phenoxy) is 1. The average molecular weight is 198 g/mol. The van der Waals surface area contributed by atoms with E-state index in [1.165, 1.54) is 6.42 Å². The standard InChI is InChI=1S/C10H18N2O2/c1-14-10(3-2-4-10)5-9(13)12-6-8(11)7-12/h8H,2-7,11H2,1H3. The van der Waals surface area contributed by atoms with Gasteiger partial charge in [0, 0.05) is 26.2 Å². The molecule has 0 aromatic heterocycles. The van der Waals surface area contributed by atoms with Crippen molar-refractivity contribution in [3.63, 3.8) is 0 Å². The van der Waals surface area contributed by atoms with Crippen molar-refractivity contribution in [3.8, 4) is 0 Å². The maximum absolute atomic E-state index is 11.7. The van der Waals surface area contributed by atoms with Gasteiger partial charge in [-0.05, 0) is 19.3 Å². The van der Waals surface area contributed by atoms with Crippen LogP contribution in [0.3, 0.4) is 0 Å². The zero-order valence-corrected chi connectivity index (χ0v) is 8.66. The van der Waals surface area contributed by atoms with Crippen LogP contribution in [-0.4, -0.2) is 42.6 Å². The minimum absolute atomic E-state index is 0.142. The SMILES string of the molecule is COC1(CC(=O)N2CC(N)C2)CCC1. The van der Waals surface area contributed by atoms with E-state index in [0.29, 0.717) is 6.42 Å². The van der Waals surface area contributed by atoms with Crippen molar-refractivity contribution in [2.24, 2.45) is 5.73 Å². The lowest BCUT2D eigenvalue weighted by atomic mass is 9.77. The Morgan fingerprint density at radius 3 is 2.57 bits per heavy atom. The van der Waals surface area contributed by atoms with Crippen molar-refractivity contribution in [3.05, 3.63) is 0 Å². The van der Waals surface area contributed by atoms with Crippen LogP contribution < -0.4 is 5.73 Å². The molecule has 14 heavy (non-hydrogen) atoms. The summed E-state index contributed by atoms with van der Waals surface area (Å²) < 4.78 is 5.41. The highest BCUT2D eigenvalue weighted by atomic mass is 16.5. The first-order valence-electron chi connectivity index (χ1n) is 5.24. The molecule has 2 fully saturated rings. The number of methoxy groups -OCH3 is 1. The Bertz CT molecular complexity index is 227. The number of nitrogens with two attached hydrogens (primary N) is 1. The van der Waals surface area contributed by atoms with Gasteiger partial charge in [-0.25, -0.2) is 0 Å². The van der Waals surface area contributed by atoms with Crippen LogP contribution in [0.2, 0.25) is 0 Å². The second-order valence-electron chi connectivity index (χ2n) is 4.48. The van der Waals surface area contributed by atoms with Crippen LogP contribution in [0.5, 0.6) is 0 Å². The minimum Gasteiger partial charge on any atom is -0.378 e. The fraction of sp³-hybridized carbons (Fsp3) is 0.900. The molecule has 1 saturated heterocycles. The number of rotatable bonds is 3. The second-order valence-corrected chi connectivity index (χ2v) is 4.48. The molecular formula is C10H18N2O2. The Morgan fingerprint density at radius 1 is 1.57 bits per heavy atom. The normalized spacial score (nSPS) is 25.4. The highest BCUT2D eigenvalue weighted by molar-refractivity contribution is 5.78. The first-order valence-corrected chi connectivity index (χ1v) is 5.24. The topological polar surface area (TPSA) is 55.6 Å². The molecule has 2 aliphatic rings. The maximum atomic E-state index is 11.7. The lowest BCUT2D eigenvalue weighted by Gasteiger charge is -2.43. The van der Waals surface area contributed by atoms with E-state index < -0.39 is 0 Å². The predicted molar refractivity (Wildman–Crippen MR) is 52.8 cm³/mol. The predicted octanol–water partition coefficient (Wildman–Crippen LogP) is 0.115. The summed E-state index contributed by atoms with van der Waals surface area (Å²) in [5.41, 5.74) is 5.48. The van der Waals surface area contributed by atoms with E-state index in [1.54, 1.807) is 7.11 Å². The van der Waals surface area contributed by atoms with Gasteiger partial charge in [-0.1, -0.05) is 0 Å². The Balaban J connectivity index is 1.82. The van der Waals surface area contributed by atoms with Gasteiger partial charge in [0.25, 0.3) is 0 Å². The van der Waals surface area contributed by atoms with E-state index in [0.717, 1.165) is 25.9 Å². The van der Waals surface area contributed by atoms with Crippen LogP contribution >= 0.6 is 0 Å². The van der Waals surface area contributed by atoms with Crippen molar-refractivity contribution < 1.29 is 9.53 Å². The molecule has 1 aliphatic heterocycles. The zero-order valence-electron chi connectivity index (χ0n) is 8.66. The summed E-state index contributed by atoms with van der Waals surface area (Å²) >= 11 is 0. The third kappa shape index (κ3) is 1.64. The molecule has 0 aromatic carbocycles. The van der Waals surface area contributed by atoms with Crippen molar-refractivity contribution in [2.75, 3.05) is 20.2 Å². The van der Waals surface area contributed by atoms with Gasteiger partial charge >= 0.3 is 0 Å². The fourth-order valence-corrected chi connectivity index (χ4v) is 2.13. The Hall–Kier alpha value is -0.610. The summed E-state index contributed by atoms with van der Waals surface area (Å²) in [6, 6.07) is 0.193. The number of hydrogen-bond acceptors (Lipinski definition) is 3. The van der Waals surface area contributed by atoms with Gasteiger partial charge < -0.3 is 15.4 Å². The Labute approximate surface area is 84.4 Å². The molecule has 0 atom stereocenters. The number of amides is 1. The Morgan fingerprint density at radius 2 is 2.21 bits per heavy atom. The molecule has 4 nitrogen and oxygen atoms in total. The third-order valence-electron chi connectivity index (χ3n) is 3.43. The molecule has 0 radical (unpaired) electrons. The number of carbonyl (C=O) groups excluding carboxylic acids is 1. The van der Waals surface area contributed by atoms with E-state index in [1.807, 2.05) is 4.90 Å². The number of hydrogen-bond donors (Lipinski definition) is 1. The molecule has 80 valence electrons. The van der Waals surface area contributed by atoms with Crippen LogP contribution in [0.15, 0.2) is 0 Å². The molecule has 1 heterocycles. The van der Waals surface area contributed by atoms with Crippen LogP contribution in [0.1, 0.15) is 25.7 Å². The van der Waals surface area contributed by atoms with Crippen LogP contribution in [0, 0.1) is 0 Å². The van der Waals surface area contributed by atoms with Crippen LogP contribution in [0.25, 0.3) is 0 Å². The lowest BCUT2D eigenvalue weighted by Crippen LogP contribution is -2.59. The van der Waals surface area contributed by atoms with Gasteiger partial charge in [0.2, 0.25) is 5.91 Å². The molecular weight excluding hydrogens is 180 g/mol. The first-order chi connectivity index (χ1) is 6.65. The van der Waals surface area contributed by atoms with E-state index in [9.17, 15) is 4.79 Å². The van der Waals surface area contributed by atoms with Crippen LogP contribution in [-0.2, 0) is 9.53 Å². The summed E-state index contributed by atoms with van der Waals surface area (Å²) in [5.74, 6) is 0.202. The molecule has 4 heteroatoms. The van der Waals surface area contributed by atoms with Crippen LogP contribution in [0.4, 0.5) is 0 Å². The Kier molecular flexibility index (Phi) is 2.49. The second kappa shape index (κ2) is 3.51. The van der Waals surface area contributed by atoms with Gasteiger partial charge in [0.1, 0.15) is 0 Å². The quantitative estimate of drug-likeness (QED) is 0.700. The average Bonchev–Trinajstić information content (AvgIpc) is 2.05. The molecule has 0 aromatic rings. The van der Waals surface area contributed by atoms with Gasteiger partial charge in [0.15, 0.2) is 0 Å². The first kappa shape index (κ1) is 9.93. The summed E-state index contributed by atoms with van der Waals surface area (Å²) in [5, 5.41) is 0. The molecule has 1 amide bonds. The molecule has 2 N–H and O–H groups in total. The van der Waals surface area contributed by atoms with Crippen molar-refractivity contribution in [1.82, 2.24) is 4.90 Å². The zero-order chi connectivity index (χ0) is 10.2. The molecule has 0 bridgehead atoms. The smallest absolute Gasteiger partial charge is 0.225 e. The number of nitrogens with zero attached hydrogens (tertiary/aromatic N) is 1. The van der Waals surface area contributed by atoms with Gasteiger partial charge in [0.05, 0.1) is 12.0 Å². The number of likely N-dealkylation sites (tertiary alicyclic amines) is 1. The van der Waals surface area contributed by atoms with E-state index >= 15 is 0 Å². The van der Waals surface area contributed by atoms with Gasteiger partial charge in [-0.2, -0.15) is 0 Å². The molecule has 2 rings (SSSR count). The minimum atomic E-state index is -0.142. The maximum Gasteiger partial charge on any atom is 0.225 e. The van der Waals surface area contributed by atoms with Crippen molar-refractivity contribution in [1.29, 1.82) is 0 Å². The van der Waals surface area contributed by atoms with Gasteiger partial charge in [-0.3, -0.25) is 4.79 Å². The van der Waals surface area contributed by atoms with E-state index in [-0.39, 0.29) is 17.6 Å². The molecule has 1 saturated carbocycles. The van der Waals surface area contributed by atoms with Gasteiger partial charge in [-0.15, -0.1) is 0 Å². The van der Waals surface area contributed by atoms with Crippen molar-refractivity contribution in [2.45, 2.75) is 37.3 Å². The van der Waals surface area contributed by atoms with Crippen molar-refractivity contribution >= 4 is 5.91 Å².